The number of likely N-dealkylation sites (tertiary alicyclic amines) is 1. The van der Waals surface area contributed by atoms with Crippen LogP contribution in [-0.4, -0.2) is 29.3 Å². The minimum Gasteiger partial charge on any atom is -0.336 e. The summed E-state index contributed by atoms with van der Waals surface area (Å²) in [5.74, 6) is -0.776. The van der Waals surface area contributed by atoms with Crippen LogP contribution in [0.15, 0.2) is 36.4 Å². The van der Waals surface area contributed by atoms with Crippen molar-refractivity contribution in [1.82, 2.24) is 4.90 Å². The monoisotopic (exact) mass is 368 g/mol. The summed E-state index contributed by atoms with van der Waals surface area (Å²) in [5.41, 5.74) is 3.05. The van der Waals surface area contributed by atoms with Gasteiger partial charge in [0.1, 0.15) is 5.82 Å². The van der Waals surface area contributed by atoms with E-state index in [0.29, 0.717) is 22.4 Å². The lowest BCUT2D eigenvalue weighted by Crippen LogP contribution is -2.42. The third kappa shape index (κ3) is 4.18. The summed E-state index contributed by atoms with van der Waals surface area (Å²) in [6.45, 7) is 6.49. The summed E-state index contributed by atoms with van der Waals surface area (Å²) in [6.07, 6.45) is 3.23. The van der Waals surface area contributed by atoms with Crippen LogP contribution < -0.4 is 5.32 Å². The zero-order valence-electron chi connectivity index (χ0n) is 16.0. The van der Waals surface area contributed by atoms with Crippen LogP contribution in [0.25, 0.3) is 0 Å². The second-order valence-electron chi connectivity index (χ2n) is 7.29. The van der Waals surface area contributed by atoms with Gasteiger partial charge in [0.2, 0.25) is 0 Å². The van der Waals surface area contributed by atoms with Crippen molar-refractivity contribution in [3.63, 3.8) is 0 Å². The van der Waals surface area contributed by atoms with Gasteiger partial charge in [-0.05, 0) is 81.5 Å². The lowest BCUT2D eigenvalue weighted by atomic mass is 10.0. The van der Waals surface area contributed by atoms with Crippen LogP contribution >= 0.6 is 0 Å². The number of benzene rings is 2. The lowest BCUT2D eigenvalue weighted by Gasteiger charge is -2.33. The molecule has 1 N–H and O–H groups in total. The van der Waals surface area contributed by atoms with Crippen LogP contribution in [0.2, 0.25) is 0 Å². The number of carbonyl (C=O) groups is 2. The highest BCUT2D eigenvalue weighted by Gasteiger charge is 2.24. The largest absolute Gasteiger partial charge is 0.336 e. The predicted octanol–water partition coefficient (Wildman–Crippen LogP) is 4.71. The Morgan fingerprint density at radius 1 is 1.07 bits per heavy atom. The number of aryl methyl sites for hydroxylation is 2. The van der Waals surface area contributed by atoms with E-state index >= 15 is 0 Å². The first-order chi connectivity index (χ1) is 12.9. The molecular weight excluding hydrogens is 343 g/mol. The van der Waals surface area contributed by atoms with E-state index in [4.69, 9.17) is 0 Å². The van der Waals surface area contributed by atoms with E-state index in [1.165, 1.54) is 12.1 Å². The van der Waals surface area contributed by atoms with Gasteiger partial charge >= 0.3 is 0 Å². The summed E-state index contributed by atoms with van der Waals surface area (Å²) in [5, 5.41) is 2.82. The second-order valence-corrected chi connectivity index (χ2v) is 7.29. The Balaban J connectivity index is 1.77. The molecule has 2 amide bonds. The minimum atomic E-state index is -0.445. The number of carbonyl (C=O) groups excluding carboxylic acids is 2. The fourth-order valence-corrected chi connectivity index (χ4v) is 3.53. The van der Waals surface area contributed by atoms with E-state index < -0.39 is 5.82 Å². The third-order valence-corrected chi connectivity index (χ3v) is 5.23. The van der Waals surface area contributed by atoms with Crippen LogP contribution in [0, 0.1) is 19.7 Å². The lowest BCUT2D eigenvalue weighted by molar-refractivity contribution is 0.0635. The minimum absolute atomic E-state index is 0.0316. The maximum atomic E-state index is 13.5. The normalized spacial score (nSPS) is 16.9. The van der Waals surface area contributed by atoms with Gasteiger partial charge in [0.15, 0.2) is 0 Å². The van der Waals surface area contributed by atoms with Gasteiger partial charge in [0.25, 0.3) is 11.8 Å². The highest BCUT2D eigenvalue weighted by atomic mass is 19.1. The molecule has 0 aromatic heterocycles. The first-order valence-corrected chi connectivity index (χ1v) is 9.36. The Kier molecular flexibility index (Phi) is 5.59. The van der Waals surface area contributed by atoms with Crippen LogP contribution in [0.1, 0.15) is 58.0 Å². The van der Waals surface area contributed by atoms with Crippen molar-refractivity contribution < 1.29 is 14.0 Å². The van der Waals surface area contributed by atoms with Crippen molar-refractivity contribution in [3.05, 3.63) is 64.5 Å². The highest BCUT2D eigenvalue weighted by Crippen LogP contribution is 2.23. The topological polar surface area (TPSA) is 49.4 Å². The molecule has 1 aliphatic heterocycles. The fourth-order valence-electron chi connectivity index (χ4n) is 3.53. The molecule has 1 atom stereocenters. The number of nitrogens with one attached hydrogen (secondary N) is 1. The molecule has 1 aliphatic rings. The second kappa shape index (κ2) is 7.91. The summed E-state index contributed by atoms with van der Waals surface area (Å²) in [6, 6.07) is 9.68. The molecule has 3 rings (SSSR count). The standard InChI is InChI=1S/C22H25FN2O2/c1-14-7-9-18(23)13-19(14)21(26)24-20-10-8-17(12-15(20)2)22(27)25-11-5-4-6-16(25)3/h7-10,12-13,16H,4-6,11H2,1-3H3,(H,24,26). The highest BCUT2D eigenvalue weighted by molar-refractivity contribution is 6.06. The van der Waals surface area contributed by atoms with Gasteiger partial charge in [-0.1, -0.05) is 6.07 Å². The molecule has 2 aromatic rings. The van der Waals surface area contributed by atoms with Crippen LogP contribution in [-0.2, 0) is 0 Å². The molecule has 5 heteroatoms. The molecule has 0 spiro atoms. The molecule has 4 nitrogen and oxygen atoms in total. The van der Waals surface area contributed by atoms with E-state index in [9.17, 15) is 14.0 Å². The Morgan fingerprint density at radius 2 is 1.85 bits per heavy atom. The van der Waals surface area contributed by atoms with Crippen molar-refractivity contribution in [1.29, 1.82) is 0 Å². The maximum absolute atomic E-state index is 13.5. The Hall–Kier alpha value is -2.69. The molecule has 27 heavy (non-hydrogen) atoms. The van der Waals surface area contributed by atoms with Crippen molar-refractivity contribution in [2.24, 2.45) is 0 Å². The number of nitrogens with zero attached hydrogens (tertiary/aromatic N) is 1. The number of hydrogen-bond acceptors (Lipinski definition) is 2. The number of anilines is 1. The zero-order valence-corrected chi connectivity index (χ0v) is 16.0. The summed E-state index contributed by atoms with van der Waals surface area (Å²) < 4.78 is 13.5. The fraction of sp³-hybridized carbons (Fsp3) is 0.364. The first kappa shape index (κ1) is 19.1. The molecular formula is C22H25FN2O2. The molecule has 0 saturated carbocycles. The summed E-state index contributed by atoms with van der Waals surface area (Å²) >= 11 is 0. The van der Waals surface area contributed by atoms with Gasteiger partial charge in [-0.15, -0.1) is 0 Å². The molecule has 0 aliphatic carbocycles. The number of rotatable bonds is 3. The van der Waals surface area contributed by atoms with Crippen molar-refractivity contribution in [2.75, 3.05) is 11.9 Å². The van der Waals surface area contributed by atoms with Crippen molar-refractivity contribution >= 4 is 17.5 Å². The average Bonchev–Trinajstić information content (AvgIpc) is 2.65. The summed E-state index contributed by atoms with van der Waals surface area (Å²) in [7, 11) is 0. The Bertz CT molecular complexity index is 879. The summed E-state index contributed by atoms with van der Waals surface area (Å²) in [4.78, 5) is 27.2. The van der Waals surface area contributed by atoms with Crippen LogP contribution in [0.3, 0.4) is 0 Å². The quantitative estimate of drug-likeness (QED) is 0.853. The SMILES string of the molecule is Cc1cc(C(=O)N2CCCCC2C)ccc1NC(=O)c1cc(F)ccc1C. The van der Waals surface area contributed by atoms with Crippen molar-refractivity contribution in [3.8, 4) is 0 Å². The molecule has 1 fully saturated rings. The van der Waals surface area contributed by atoms with E-state index in [2.05, 4.69) is 12.2 Å². The average molecular weight is 368 g/mol. The van der Waals surface area contributed by atoms with Gasteiger partial charge < -0.3 is 10.2 Å². The van der Waals surface area contributed by atoms with Crippen molar-refractivity contribution in [2.45, 2.75) is 46.1 Å². The molecule has 2 aromatic carbocycles. The number of amides is 2. The van der Waals surface area contributed by atoms with Gasteiger partial charge in [-0.3, -0.25) is 9.59 Å². The molecule has 0 radical (unpaired) electrons. The molecule has 1 heterocycles. The van der Waals surface area contributed by atoms with Gasteiger partial charge in [-0.2, -0.15) is 0 Å². The van der Waals surface area contributed by atoms with Crippen LogP contribution in [0.5, 0.6) is 0 Å². The van der Waals surface area contributed by atoms with E-state index in [1.807, 2.05) is 11.8 Å². The Morgan fingerprint density at radius 3 is 2.56 bits per heavy atom. The maximum Gasteiger partial charge on any atom is 0.256 e. The molecule has 1 saturated heterocycles. The van der Waals surface area contributed by atoms with Gasteiger partial charge in [-0.25, -0.2) is 4.39 Å². The molecule has 142 valence electrons. The van der Waals surface area contributed by atoms with Gasteiger partial charge in [0.05, 0.1) is 0 Å². The smallest absolute Gasteiger partial charge is 0.256 e. The first-order valence-electron chi connectivity index (χ1n) is 9.36. The number of halogens is 1. The zero-order chi connectivity index (χ0) is 19.6. The molecule has 0 bridgehead atoms. The number of hydrogen-bond donors (Lipinski definition) is 1. The Labute approximate surface area is 159 Å². The van der Waals surface area contributed by atoms with Gasteiger partial charge in [0, 0.05) is 29.4 Å². The number of piperidine rings is 1. The van der Waals surface area contributed by atoms with E-state index in [0.717, 1.165) is 31.4 Å². The predicted molar refractivity (Wildman–Crippen MR) is 105 cm³/mol. The molecule has 1 unspecified atom stereocenters. The van der Waals surface area contributed by atoms with Crippen LogP contribution in [0.4, 0.5) is 10.1 Å². The third-order valence-electron chi connectivity index (χ3n) is 5.23. The van der Waals surface area contributed by atoms with E-state index in [1.54, 1.807) is 31.2 Å². The van der Waals surface area contributed by atoms with E-state index in [-0.39, 0.29) is 17.9 Å².